The van der Waals surface area contributed by atoms with Gasteiger partial charge in [0, 0.05) is 10.7 Å². The van der Waals surface area contributed by atoms with E-state index in [2.05, 4.69) is 15.9 Å². The Morgan fingerprint density at radius 1 is 1.41 bits per heavy atom. The van der Waals surface area contributed by atoms with Gasteiger partial charge in [-0.05, 0) is 40.5 Å². The van der Waals surface area contributed by atoms with Crippen molar-refractivity contribution in [2.45, 2.75) is 18.2 Å². The highest BCUT2D eigenvalue weighted by molar-refractivity contribution is 9.10. The summed E-state index contributed by atoms with van der Waals surface area (Å²) >= 11 is 3.18. The summed E-state index contributed by atoms with van der Waals surface area (Å²) in [7, 11) is -3.25. The third kappa shape index (κ3) is 4.12. The van der Waals surface area contributed by atoms with Crippen LogP contribution in [0.5, 0.6) is 0 Å². The largest absolute Gasteiger partial charge is 0.466 e. The number of hydrogen-bond donors (Lipinski definition) is 0. The van der Waals surface area contributed by atoms with E-state index in [4.69, 9.17) is 4.74 Å². The van der Waals surface area contributed by atoms with Crippen LogP contribution in [0.15, 0.2) is 27.6 Å². The number of ether oxygens (including phenoxy) is 1. The van der Waals surface area contributed by atoms with Gasteiger partial charge in [0.1, 0.15) is 0 Å². The predicted octanol–water partition coefficient (Wildman–Crippen LogP) is 1.96. The molecule has 1 rings (SSSR count). The lowest BCUT2D eigenvalue weighted by Crippen LogP contribution is -2.08. The molecule has 17 heavy (non-hydrogen) atoms. The zero-order valence-corrected chi connectivity index (χ0v) is 12.0. The first-order chi connectivity index (χ1) is 7.84. The Bertz CT molecular complexity index is 522. The van der Waals surface area contributed by atoms with Gasteiger partial charge >= 0.3 is 5.97 Å². The molecule has 0 N–H and O–H groups in total. The van der Waals surface area contributed by atoms with E-state index < -0.39 is 9.84 Å². The molecule has 0 radical (unpaired) electrons. The molecule has 1 aromatic rings. The molecule has 0 amide bonds. The summed E-state index contributed by atoms with van der Waals surface area (Å²) < 4.78 is 28.0. The third-order valence-corrected chi connectivity index (χ3v) is 4.12. The summed E-state index contributed by atoms with van der Waals surface area (Å²) in [5.41, 5.74) is 0.711. The molecular weight excluding hydrogens is 308 g/mol. The minimum absolute atomic E-state index is 0.135. The fourth-order valence-electron chi connectivity index (χ4n) is 1.33. The molecule has 0 spiro atoms. The van der Waals surface area contributed by atoms with Crippen molar-refractivity contribution in [1.82, 2.24) is 0 Å². The van der Waals surface area contributed by atoms with Gasteiger partial charge in [-0.3, -0.25) is 4.79 Å². The Labute approximate surface area is 109 Å². The van der Waals surface area contributed by atoms with Gasteiger partial charge in [0.15, 0.2) is 9.84 Å². The van der Waals surface area contributed by atoms with Crippen LogP contribution < -0.4 is 0 Å². The van der Waals surface area contributed by atoms with Crippen molar-refractivity contribution in [3.63, 3.8) is 0 Å². The van der Waals surface area contributed by atoms with Crippen LogP contribution in [0.4, 0.5) is 0 Å². The first-order valence-corrected chi connectivity index (χ1v) is 7.67. The van der Waals surface area contributed by atoms with E-state index in [-0.39, 0.29) is 17.3 Å². The predicted molar refractivity (Wildman–Crippen MR) is 67.6 cm³/mol. The third-order valence-electron chi connectivity index (χ3n) is 2.05. The Kier molecular flexibility index (Phi) is 4.70. The Hall–Kier alpha value is -0.880. The molecule has 0 unspecified atom stereocenters. The number of hydrogen-bond acceptors (Lipinski definition) is 4. The second-order valence-corrected chi connectivity index (χ2v) is 6.36. The molecule has 0 atom stereocenters. The fraction of sp³-hybridized carbons (Fsp3) is 0.364. The number of carbonyl (C=O) groups excluding carboxylic acids is 1. The first kappa shape index (κ1) is 14.2. The lowest BCUT2D eigenvalue weighted by molar-refractivity contribution is -0.142. The van der Waals surface area contributed by atoms with Gasteiger partial charge in [0.25, 0.3) is 0 Å². The van der Waals surface area contributed by atoms with Crippen molar-refractivity contribution < 1.29 is 17.9 Å². The Morgan fingerprint density at radius 2 is 2.06 bits per heavy atom. The maximum absolute atomic E-state index is 11.4. The Balaban J connectivity index is 2.94. The minimum atomic E-state index is -3.25. The van der Waals surface area contributed by atoms with Gasteiger partial charge in [0.2, 0.25) is 0 Å². The SMILES string of the molecule is CCOC(=O)Cc1ccc(S(C)(=O)=O)c(Br)c1. The average Bonchev–Trinajstić information content (AvgIpc) is 2.15. The summed E-state index contributed by atoms with van der Waals surface area (Å²) in [5, 5.41) is 0. The van der Waals surface area contributed by atoms with Crippen LogP contribution in [-0.4, -0.2) is 27.2 Å². The Morgan fingerprint density at radius 3 is 2.53 bits per heavy atom. The zero-order chi connectivity index (χ0) is 13.1. The molecule has 0 fully saturated rings. The molecule has 0 bridgehead atoms. The van der Waals surface area contributed by atoms with Crippen LogP contribution in [0.1, 0.15) is 12.5 Å². The normalized spacial score (nSPS) is 11.2. The van der Waals surface area contributed by atoms with Gasteiger partial charge in [-0.2, -0.15) is 0 Å². The van der Waals surface area contributed by atoms with Crippen LogP contribution in [0.25, 0.3) is 0 Å². The minimum Gasteiger partial charge on any atom is -0.466 e. The van der Waals surface area contributed by atoms with Gasteiger partial charge in [-0.1, -0.05) is 6.07 Å². The molecule has 0 aliphatic rings. The van der Waals surface area contributed by atoms with Crippen LogP contribution >= 0.6 is 15.9 Å². The van der Waals surface area contributed by atoms with E-state index in [0.717, 1.165) is 6.26 Å². The molecule has 4 nitrogen and oxygen atoms in total. The van der Waals surface area contributed by atoms with Crippen molar-refractivity contribution in [3.05, 3.63) is 28.2 Å². The highest BCUT2D eigenvalue weighted by Gasteiger charge is 2.13. The summed E-state index contributed by atoms with van der Waals surface area (Å²) in [6.07, 6.45) is 1.27. The standard InChI is InChI=1S/C11H13BrO4S/c1-3-16-11(13)7-8-4-5-10(9(12)6-8)17(2,14)15/h4-6H,3,7H2,1-2H3. The van der Waals surface area contributed by atoms with Gasteiger partial charge in [-0.25, -0.2) is 8.42 Å². The smallest absolute Gasteiger partial charge is 0.310 e. The van der Waals surface area contributed by atoms with Crippen molar-refractivity contribution in [2.75, 3.05) is 12.9 Å². The van der Waals surface area contributed by atoms with E-state index in [9.17, 15) is 13.2 Å². The van der Waals surface area contributed by atoms with Crippen molar-refractivity contribution >= 4 is 31.7 Å². The molecule has 1 aromatic carbocycles. The zero-order valence-electron chi connectivity index (χ0n) is 9.57. The van der Waals surface area contributed by atoms with E-state index in [1.165, 1.54) is 6.07 Å². The van der Waals surface area contributed by atoms with E-state index in [0.29, 0.717) is 16.6 Å². The van der Waals surface area contributed by atoms with Gasteiger partial charge < -0.3 is 4.74 Å². The van der Waals surface area contributed by atoms with Crippen LogP contribution in [-0.2, 0) is 25.8 Å². The lowest BCUT2D eigenvalue weighted by atomic mass is 10.1. The maximum atomic E-state index is 11.4. The fourth-order valence-corrected chi connectivity index (χ4v) is 3.37. The average molecular weight is 321 g/mol. The summed E-state index contributed by atoms with van der Waals surface area (Å²) in [6.45, 7) is 2.07. The second kappa shape index (κ2) is 5.64. The van der Waals surface area contributed by atoms with Gasteiger partial charge in [-0.15, -0.1) is 0 Å². The molecule has 0 saturated carbocycles. The maximum Gasteiger partial charge on any atom is 0.310 e. The van der Waals surface area contributed by atoms with Gasteiger partial charge in [0.05, 0.1) is 17.9 Å². The van der Waals surface area contributed by atoms with E-state index in [1.54, 1.807) is 19.1 Å². The number of carbonyl (C=O) groups is 1. The number of benzene rings is 1. The summed E-state index contributed by atoms with van der Waals surface area (Å²) in [4.78, 5) is 11.5. The molecule has 0 aliphatic carbocycles. The number of esters is 1. The van der Waals surface area contributed by atoms with E-state index in [1.807, 2.05) is 0 Å². The summed E-state index contributed by atoms with van der Waals surface area (Å²) in [6, 6.07) is 4.71. The van der Waals surface area contributed by atoms with Crippen LogP contribution in [0.2, 0.25) is 0 Å². The van der Waals surface area contributed by atoms with Crippen molar-refractivity contribution in [1.29, 1.82) is 0 Å². The second-order valence-electron chi connectivity index (χ2n) is 3.52. The summed E-state index contributed by atoms with van der Waals surface area (Å²) in [5.74, 6) is -0.327. The number of rotatable bonds is 4. The lowest BCUT2D eigenvalue weighted by Gasteiger charge is -2.05. The molecule has 0 aromatic heterocycles. The first-order valence-electron chi connectivity index (χ1n) is 4.98. The molecular formula is C11H13BrO4S. The van der Waals surface area contributed by atoms with Crippen LogP contribution in [0, 0.1) is 0 Å². The quantitative estimate of drug-likeness (QED) is 0.796. The topological polar surface area (TPSA) is 60.4 Å². The molecule has 0 aliphatic heterocycles. The van der Waals surface area contributed by atoms with Crippen molar-refractivity contribution in [2.24, 2.45) is 0 Å². The molecule has 0 heterocycles. The van der Waals surface area contributed by atoms with Crippen LogP contribution in [0.3, 0.4) is 0 Å². The monoisotopic (exact) mass is 320 g/mol. The van der Waals surface area contributed by atoms with E-state index >= 15 is 0 Å². The molecule has 94 valence electrons. The molecule has 0 saturated heterocycles. The number of sulfone groups is 1. The molecule has 6 heteroatoms. The van der Waals surface area contributed by atoms with Crippen molar-refractivity contribution in [3.8, 4) is 0 Å². The number of halogens is 1. The highest BCUT2D eigenvalue weighted by Crippen LogP contribution is 2.23. The highest BCUT2D eigenvalue weighted by atomic mass is 79.9.